The molecular weight excluding hydrogens is 348 g/mol. The lowest BCUT2D eigenvalue weighted by Crippen LogP contribution is -2.14. The number of hydrogen-bond acceptors (Lipinski definition) is 4. The van der Waals surface area contributed by atoms with Crippen LogP contribution in [0, 0.1) is 0 Å². The average molecular weight is 368 g/mol. The van der Waals surface area contributed by atoms with Crippen molar-refractivity contribution in [3.8, 4) is 5.75 Å². The van der Waals surface area contributed by atoms with Crippen LogP contribution in [0.4, 0.5) is 0 Å². The van der Waals surface area contributed by atoms with E-state index in [9.17, 15) is 9.00 Å². The van der Waals surface area contributed by atoms with Crippen LogP contribution in [-0.2, 0) is 29.4 Å². The molecule has 2 aromatic carbocycles. The van der Waals surface area contributed by atoms with Gasteiger partial charge in [-0.15, -0.1) is 0 Å². The van der Waals surface area contributed by atoms with Crippen LogP contribution in [0.5, 0.6) is 5.75 Å². The van der Waals surface area contributed by atoms with Crippen LogP contribution in [0.3, 0.4) is 0 Å². The number of aryl methyl sites for hydroxylation is 2. The molecule has 4 nitrogen and oxygen atoms in total. The summed E-state index contributed by atoms with van der Waals surface area (Å²) in [5, 5.41) is 0. The first-order valence-corrected chi connectivity index (χ1v) is 9.66. The third-order valence-electron chi connectivity index (χ3n) is 4.06. The Morgan fingerprint density at radius 2 is 1.62 bits per heavy atom. The Morgan fingerprint density at radius 3 is 2.27 bits per heavy atom. The smallest absolute Gasteiger partial charge is 0.343 e. The van der Waals surface area contributed by atoms with E-state index in [1.807, 2.05) is 48.5 Å². The van der Waals surface area contributed by atoms with Crippen molar-refractivity contribution in [1.29, 1.82) is 0 Å². The topological polar surface area (TPSA) is 56.5 Å². The second kappa shape index (κ2) is 8.63. The van der Waals surface area contributed by atoms with Gasteiger partial charge >= 0.3 is 5.63 Å². The molecule has 5 heteroatoms. The molecule has 0 spiro atoms. The predicted octanol–water partition coefficient (Wildman–Crippen LogP) is 3.74. The van der Waals surface area contributed by atoms with Gasteiger partial charge in [-0.05, 0) is 24.1 Å². The zero-order valence-electron chi connectivity index (χ0n) is 14.5. The molecule has 1 unspecified atom stereocenters. The highest BCUT2D eigenvalue weighted by atomic mass is 32.2. The van der Waals surface area contributed by atoms with Gasteiger partial charge in [-0.1, -0.05) is 48.5 Å². The third-order valence-corrected chi connectivity index (χ3v) is 5.41. The minimum Gasteiger partial charge on any atom is -0.496 e. The van der Waals surface area contributed by atoms with Crippen molar-refractivity contribution in [2.75, 3.05) is 7.11 Å². The molecule has 3 aromatic rings. The number of ether oxygens (including phenoxy) is 1. The first kappa shape index (κ1) is 18.1. The molecule has 0 saturated carbocycles. The van der Waals surface area contributed by atoms with E-state index in [4.69, 9.17) is 9.15 Å². The van der Waals surface area contributed by atoms with E-state index in [-0.39, 0.29) is 5.75 Å². The highest BCUT2D eigenvalue weighted by molar-refractivity contribution is 7.84. The molecule has 1 atom stereocenters. The van der Waals surface area contributed by atoms with Gasteiger partial charge in [-0.25, -0.2) is 4.79 Å². The highest BCUT2D eigenvalue weighted by Gasteiger charge is 2.16. The van der Waals surface area contributed by atoms with Crippen LogP contribution < -0.4 is 10.4 Å². The maximum atomic E-state index is 12.5. The SMILES string of the molecule is COc1cc(CCc2ccccc2)oc(=O)c1CS(=O)c1ccccc1. The maximum absolute atomic E-state index is 12.5. The maximum Gasteiger partial charge on any atom is 0.343 e. The number of rotatable bonds is 7. The molecule has 134 valence electrons. The Bertz CT molecular complexity index is 933. The molecule has 0 aliphatic heterocycles. The minimum absolute atomic E-state index is 0.0640. The quantitative estimate of drug-likeness (QED) is 0.637. The Labute approximate surface area is 154 Å². The van der Waals surface area contributed by atoms with Gasteiger partial charge in [0.2, 0.25) is 0 Å². The van der Waals surface area contributed by atoms with Crippen molar-refractivity contribution in [1.82, 2.24) is 0 Å². The lowest BCUT2D eigenvalue weighted by atomic mass is 10.1. The number of methoxy groups -OCH3 is 1. The number of benzene rings is 2. The normalized spacial score (nSPS) is 11.9. The van der Waals surface area contributed by atoms with E-state index in [0.717, 1.165) is 6.42 Å². The first-order chi connectivity index (χ1) is 12.7. The van der Waals surface area contributed by atoms with Gasteiger partial charge in [0.1, 0.15) is 11.5 Å². The first-order valence-electron chi connectivity index (χ1n) is 8.34. The Balaban J connectivity index is 1.79. The van der Waals surface area contributed by atoms with Crippen molar-refractivity contribution in [2.24, 2.45) is 0 Å². The fourth-order valence-electron chi connectivity index (χ4n) is 2.68. The van der Waals surface area contributed by atoms with Crippen LogP contribution in [0.2, 0.25) is 0 Å². The zero-order chi connectivity index (χ0) is 18.4. The van der Waals surface area contributed by atoms with Crippen molar-refractivity contribution in [3.05, 3.63) is 94.0 Å². The number of hydrogen-bond donors (Lipinski definition) is 0. The van der Waals surface area contributed by atoms with Gasteiger partial charge in [-0.3, -0.25) is 4.21 Å². The van der Waals surface area contributed by atoms with E-state index >= 15 is 0 Å². The summed E-state index contributed by atoms with van der Waals surface area (Å²) in [6, 6.07) is 20.8. The Morgan fingerprint density at radius 1 is 0.962 bits per heavy atom. The summed E-state index contributed by atoms with van der Waals surface area (Å²) in [6.07, 6.45) is 1.36. The van der Waals surface area contributed by atoms with Crippen LogP contribution in [0.15, 0.2) is 80.8 Å². The van der Waals surface area contributed by atoms with E-state index < -0.39 is 16.4 Å². The standard InChI is InChI=1S/C21H20O4S/c1-24-20-14-17(13-12-16-8-4-2-5-9-16)25-21(22)19(20)15-26(23)18-10-6-3-7-11-18/h2-11,14H,12-13,15H2,1H3. The molecule has 0 bridgehead atoms. The molecule has 0 aliphatic rings. The van der Waals surface area contributed by atoms with Crippen molar-refractivity contribution in [3.63, 3.8) is 0 Å². The molecule has 0 radical (unpaired) electrons. The van der Waals surface area contributed by atoms with Gasteiger partial charge < -0.3 is 9.15 Å². The van der Waals surface area contributed by atoms with E-state index in [0.29, 0.717) is 28.4 Å². The molecule has 1 heterocycles. The monoisotopic (exact) mass is 368 g/mol. The fraction of sp³-hybridized carbons (Fsp3) is 0.190. The van der Waals surface area contributed by atoms with E-state index in [2.05, 4.69) is 0 Å². The van der Waals surface area contributed by atoms with E-state index in [1.165, 1.54) is 12.7 Å². The summed E-state index contributed by atoms with van der Waals surface area (Å²) >= 11 is 0. The molecule has 0 N–H and O–H groups in total. The van der Waals surface area contributed by atoms with Crippen molar-refractivity contribution >= 4 is 10.8 Å². The summed E-state index contributed by atoms with van der Waals surface area (Å²) in [5.41, 5.74) is 0.984. The molecule has 3 rings (SSSR count). The van der Waals surface area contributed by atoms with Crippen LogP contribution in [-0.4, -0.2) is 11.3 Å². The van der Waals surface area contributed by atoms with Crippen LogP contribution >= 0.6 is 0 Å². The Hall–Kier alpha value is -2.66. The van der Waals surface area contributed by atoms with Crippen molar-refractivity contribution < 1.29 is 13.4 Å². The second-order valence-electron chi connectivity index (χ2n) is 5.84. The van der Waals surface area contributed by atoms with Gasteiger partial charge in [-0.2, -0.15) is 0 Å². The third kappa shape index (κ3) is 4.49. The predicted molar refractivity (Wildman–Crippen MR) is 102 cm³/mol. The summed E-state index contributed by atoms with van der Waals surface area (Å²) in [6.45, 7) is 0. The van der Waals surface area contributed by atoms with Gasteiger partial charge in [0, 0.05) is 17.4 Å². The molecular formula is C21H20O4S. The average Bonchev–Trinajstić information content (AvgIpc) is 2.69. The molecule has 26 heavy (non-hydrogen) atoms. The second-order valence-corrected chi connectivity index (χ2v) is 7.29. The molecule has 0 fully saturated rings. The van der Waals surface area contributed by atoms with Crippen molar-refractivity contribution in [2.45, 2.75) is 23.5 Å². The highest BCUT2D eigenvalue weighted by Crippen LogP contribution is 2.21. The van der Waals surface area contributed by atoms with Crippen LogP contribution in [0.1, 0.15) is 16.9 Å². The molecule has 0 aliphatic carbocycles. The Kier molecular flexibility index (Phi) is 6.02. The lowest BCUT2D eigenvalue weighted by molar-refractivity contribution is 0.385. The lowest BCUT2D eigenvalue weighted by Gasteiger charge is -2.09. The summed E-state index contributed by atoms with van der Waals surface area (Å²) in [5.74, 6) is 1.05. The van der Waals surface area contributed by atoms with E-state index in [1.54, 1.807) is 18.2 Å². The van der Waals surface area contributed by atoms with Gasteiger partial charge in [0.15, 0.2) is 0 Å². The molecule has 0 saturated heterocycles. The largest absolute Gasteiger partial charge is 0.496 e. The fourth-order valence-corrected chi connectivity index (χ4v) is 3.83. The van der Waals surface area contributed by atoms with Gasteiger partial charge in [0.25, 0.3) is 0 Å². The molecule has 0 amide bonds. The zero-order valence-corrected chi connectivity index (χ0v) is 15.3. The summed E-state index contributed by atoms with van der Waals surface area (Å²) < 4.78 is 23.3. The summed E-state index contributed by atoms with van der Waals surface area (Å²) in [4.78, 5) is 13.1. The van der Waals surface area contributed by atoms with Crippen LogP contribution in [0.25, 0.3) is 0 Å². The minimum atomic E-state index is -1.34. The summed E-state index contributed by atoms with van der Waals surface area (Å²) in [7, 11) is 0.168. The molecule has 1 aromatic heterocycles. The van der Waals surface area contributed by atoms with Gasteiger partial charge in [0.05, 0.1) is 29.2 Å².